The summed E-state index contributed by atoms with van der Waals surface area (Å²) in [6.07, 6.45) is 8.78. The topological polar surface area (TPSA) is 62.7 Å². The normalized spacial score (nSPS) is 22.8. The zero-order chi connectivity index (χ0) is 23.9. The van der Waals surface area contributed by atoms with Crippen molar-refractivity contribution < 1.29 is 19.0 Å². The van der Waals surface area contributed by atoms with Gasteiger partial charge >= 0.3 is 5.97 Å². The smallest absolute Gasteiger partial charge is 0.308 e. The number of fused-ring (bicyclic) bond motifs is 1. The molecule has 5 nitrogen and oxygen atoms in total. The Labute approximate surface area is 206 Å². The third-order valence-electron chi connectivity index (χ3n) is 7.54. The number of hydrogen-bond acceptors (Lipinski definition) is 5. The van der Waals surface area contributed by atoms with Crippen LogP contribution >= 0.6 is 11.8 Å². The molecule has 34 heavy (non-hydrogen) atoms. The van der Waals surface area contributed by atoms with Gasteiger partial charge in [-0.25, -0.2) is 4.39 Å². The number of aliphatic carboxylic acids is 1. The highest BCUT2D eigenvalue weighted by atomic mass is 32.2. The molecule has 1 aromatic carbocycles. The summed E-state index contributed by atoms with van der Waals surface area (Å²) in [5, 5.41) is 11.5. The van der Waals surface area contributed by atoms with E-state index in [2.05, 4.69) is 21.6 Å². The summed E-state index contributed by atoms with van der Waals surface area (Å²) in [5.41, 5.74) is 1.34. The zero-order valence-corrected chi connectivity index (χ0v) is 20.9. The van der Waals surface area contributed by atoms with Crippen molar-refractivity contribution in [2.45, 2.75) is 62.8 Å². The van der Waals surface area contributed by atoms with Crippen LogP contribution in [0, 0.1) is 11.8 Å². The van der Waals surface area contributed by atoms with Crippen molar-refractivity contribution in [3.63, 3.8) is 0 Å². The molecule has 2 heterocycles. The average Bonchev–Trinajstić information content (AvgIpc) is 3.38. The van der Waals surface area contributed by atoms with E-state index in [-0.39, 0.29) is 5.92 Å². The molecule has 1 saturated heterocycles. The minimum Gasteiger partial charge on any atom is -0.497 e. The van der Waals surface area contributed by atoms with E-state index < -0.39 is 18.1 Å². The molecule has 2 aliphatic rings. The molecule has 3 atom stereocenters. The molecule has 4 rings (SSSR count). The molecule has 0 bridgehead atoms. The lowest BCUT2D eigenvalue weighted by Crippen LogP contribution is -2.44. The Bertz CT molecular complexity index is 953. The maximum absolute atomic E-state index is 15.4. The van der Waals surface area contributed by atoms with Gasteiger partial charge in [0, 0.05) is 23.4 Å². The first-order valence-corrected chi connectivity index (χ1v) is 13.7. The molecule has 0 unspecified atom stereocenters. The number of rotatable bonds is 11. The van der Waals surface area contributed by atoms with E-state index in [0.29, 0.717) is 30.7 Å². The molecule has 2 aromatic rings. The second-order valence-electron chi connectivity index (χ2n) is 9.75. The molecule has 0 spiro atoms. The van der Waals surface area contributed by atoms with Crippen molar-refractivity contribution >= 4 is 28.6 Å². The maximum Gasteiger partial charge on any atom is 0.308 e. The Morgan fingerprint density at radius 3 is 2.88 bits per heavy atom. The number of alkyl halides is 1. The van der Waals surface area contributed by atoms with Crippen LogP contribution in [0.15, 0.2) is 30.5 Å². The summed E-state index contributed by atoms with van der Waals surface area (Å²) in [4.78, 5) is 18.7. The third-order valence-corrected chi connectivity index (χ3v) is 9.01. The van der Waals surface area contributed by atoms with E-state index in [1.54, 1.807) is 19.4 Å². The third kappa shape index (κ3) is 6.42. The Morgan fingerprint density at radius 1 is 1.29 bits per heavy atom. The molecule has 1 aliphatic carbocycles. The summed E-state index contributed by atoms with van der Waals surface area (Å²) in [7, 11) is 1.59. The van der Waals surface area contributed by atoms with Crippen molar-refractivity contribution in [1.82, 2.24) is 9.88 Å². The average molecular weight is 489 g/mol. The summed E-state index contributed by atoms with van der Waals surface area (Å²) < 4.78 is 20.7. The number of piperidine rings is 1. The fourth-order valence-corrected chi connectivity index (χ4v) is 6.85. The fraction of sp³-hybridized carbons (Fsp3) is 0.630. The second kappa shape index (κ2) is 12.2. The lowest BCUT2D eigenvalue weighted by Gasteiger charge is -2.37. The van der Waals surface area contributed by atoms with E-state index >= 15 is 4.39 Å². The number of hydrogen-bond donors (Lipinski definition) is 1. The predicted molar refractivity (Wildman–Crippen MR) is 136 cm³/mol. The van der Waals surface area contributed by atoms with Crippen molar-refractivity contribution in [3.05, 3.63) is 36.0 Å². The van der Waals surface area contributed by atoms with Crippen LogP contribution in [-0.2, 0) is 4.79 Å². The minimum absolute atomic E-state index is 0.0162. The van der Waals surface area contributed by atoms with Crippen LogP contribution in [0.4, 0.5) is 4.39 Å². The number of carbonyl (C=O) groups is 1. The van der Waals surface area contributed by atoms with E-state index in [0.717, 1.165) is 47.8 Å². The monoisotopic (exact) mass is 488 g/mol. The highest BCUT2D eigenvalue weighted by Crippen LogP contribution is 2.36. The molecule has 2 fully saturated rings. The van der Waals surface area contributed by atoms with Gasteiger partial charge in [0.05, 0.1) is 18.5 Å². The largest absolute Gasteiger partial charge is 0.497 e. The molecule has 7 heteroatoms. The van der Waals surface area contributed by atoms with E-state index in [1.165, 1.54) is 25.7 Å². The number of halogens is 1. The first kappa shape index (κ1) is 25.2. The number of ether oxygens (including phenoxy) is 1. The molecule has 1 N–H and O–H groups in total. The fourth-order valence-electron chi connectivity index (χ4n) is 5.55. The minimum atomic E-state index is -1.15. The molecule has 1 aromatic heterocycles. The number of aromatic nitrogens is 1. The van der Waals surface area contributed by atoms with Gasteiger partial charge in [0.25, 0.3) is 0 Å². The highest BCUT2D eigenvalue weighted by molar-refractivity contribution is 7.99. The van der Waals surface area contributed by atoms with Crippen molar-refractivity contribution in [2.24, 2.45) is 11.8 Å². The van der Waals surface area contributed by atoms with Gasteiger partial charge in [-0.2, -0.15) is 11.8 Å². The van der Waals surface area contributed by atoms with Crippen molar-refractivity contribution in [2.75, 3.05) is 32.5 Å². The number of thioether (sulfide) groups is 1. The molecular weight excluding hydrogens is 451 g/mol. The van der Waals surface area contributed by atoms with Crippen LogP contribution in [0.5, 0.6) is 5.75 Å². The van der Waals surface area contributed by atoms with Gasteiger partial charge in [0.2, 0.25) is 0 Å². The number of likely N-dealkylation sites (tertiary alicyclic amines) is 1. The molecule has 186 valence electrons. The lowest BCUT2D eigenvalue weighted by atomic mass is 9.81. The number of carboxylic acid groups (broad SMARTS) is 1. The molecule has 1 aliphatic heterocycles. The van der Waals surface area contributed by atoms with Crippen LogP contribution < -0.4 is 4.74 Å². The Morgan fingerprint density at radius 2 is 2.12 bits per heavy atom. The number of methoxy groups -OCH3 is 1. The number of carboxylic acids is 1. The van der Waals surface area contributed by atoms with Gasteiger partial charge in [-0.15, -0.1) is 0 Å². The maximum atomic E-state index is 15.4. The van der Waals surface area contributed by atoms with Crippen molar-refractivity contribution in [3.8, 4) is 5.75 Å². The van der Waals surface area contributed by atoms with Crippen LogP contribution in [0.2, 0.25) is 0 Å². The number of benzene rings is 1. The van der Waals surface area contributed by atoms with Gasteiger partial charge in [0.1, 0.15) is 11.9 Å². The quantitative estimate of drug-likeness (QED) is 0.384. The summed E-state index contributed by atoms with van der Waals surface area (Å²) >= 11 is 2.10. The van der Waals surface area contributed by atoms with Crippen LogP contribution in [-0.4, -0.2) is 58.7 Å². The number of pyridine rings is 1. The Hall–Kier alpha value is -1.86. The first-order valence-electron chi connectivity index (χ1n) is 12.7. The highest BCUT2D eigenvalue weighted by Gasteiger charge is 2.34. The van der Waals surface area contributed by atoms with E-state index in [9.17, 15) is 9.90 Å². The SMILES string of the molecule is COc1ccc2nccc([C@@H](F)CC[C@@H]3CCN(CCCSC4CCCC4)C[C@@H]3C(=O)O)c2c1. The Kier molecular flexibility index (Phi) is 9.06. The van der Waals surface area contributed by atoms with E-state index in [1.807, 2.05) is 18.2 Å². The van der Waals surface area contributed by atoms with Crippen LogP contribution in [0.25, 0.3) is 10.9 Å². The lowest BCUT2D eigenvalue weighted by molar-refractivity contribution is -0.146. The van der Waals surface area contributed by atoms with Gasteiger partial charge in [-0.1, -0.05) is 12.8 Å². The second-order valence-corrected chi connectivity index (χ2v) is 11.2. The number of nitrogens with zero attached hydrogens (tertiary/aromatic N) is 2. The van der Waals surface area contributed by atoms with E-state index in [4.69, 9.17) is 4.74 Å². The molecule has 1 saturated carbocycles. The van der Waals surface area contributed by atoms with Crippen molar-refractivity contribution in [1.29, 1.82) is 0 Å². The van der Waals surface area contributed by atoms with Gasteiger partial charge in [-0.3, -0.25) is 9.78 Å². The molecule has 0 radical (unpaired) electrons. The predicted octanol–water partition coefficient (Wildman–Crippen LogP) is 6.12. The Balaban J connectivity index is 1.29. The van der Waals surface area contributed by atoms with Gasteiger partial charge in [-0.05, 0) is 93.1 Å². The van der Waals surface area contributed by atoms with Crippen LogP contribution in [0.1, 0.15) is 63.1 Å². The van der Waals surface area contributed by atoms with Gasteiger partial charge < -0.3 is 14.7 Å². The van der Waals surface area contributed by atoms with Crippen LogP contribution in [0.3, 0.4) is 0 Å². The van der Waals surface area contributed by atoms with Gasteiger partial charge in [0.15, 0.2) is 0 Å². The summed E-state index contributed by atoms with van der Waals surface area (Å²) in [6.45, 7) is 2.46. The zero-order valence-electron chi connectivity index (χ0n) is 20.1. The standard InChI is InChI=1S/C27H37FN2O3S/c1-33-20-8-10-26-23(17-20)22(11-13-29-26)25(28)9-7-19-12-15-30(18-24(19)27(31)32)14-4-16-34-21-5-2-3-6-21/h8,10-11,13,17,19,21,24-25H,2-7,9,12,14-16,18H2,1H3,(H,31,32)/t19-,24+,25+/m1/s1. The first-order chi connectivity index (χ1) is 16.5. The summed E-state index contributed by atoms with van der Waals surface area (Å²) in [6, 6.07) is 7.22. The molecule has 0 amide bonds. The molecular formula is C27H37FN2O3S. The summed E-state index contributed by atoms with van der Waals surface area (Å²) in [5.74, 6) is 0.690.